The van der Waals surface area contributed by atoms with Crippen molar-refractivity contribution in [3.05, 3.63) is 58.4 Å². The minimum absolute atomic E-state index is 0.204. The molecule has 0 spiro atoms. The van der Waals surface area contributed by atoms with E-state index in [0.29, 0.717) is 28.6 Å². The molecular formula is C25H29F3N3OP. The molecule has 0 bridgehead atoms. The number of nitrogens with zero attached hydrogens (tertiary/aromatic N) is 2. The Hall–Kier alpha value is -2.40. The Labute approximate surface area is 192 Å². The van der Waals surface area contributed by atoms with Gasteiger partial charge in [-0.2, -0.15) is 13.2 Å². The van der Waals surface area contributed by atoms with Crippen molar-refractivity contribution in [2.24, 2.45) is 0 Å². The summed E-state index contributed by atoms with van der Waals surface area (Å²) in [5, 5.41) is 5.00. The van der Waals surface area contributed by atoms with E-state index in [9.17, 15) is 17.7 Å². The predicted molar refractivity (Wildman–Crippen MR) is 128 cm³/mol. The van der Waals surface area contributed by atoms with Gasteiger partial charge >= 0.3 is 6.18 Å². The molecule has 1 atom stereocenters. The lowest BCUT2D eigenvalue weighted by atomic mass is 9.79. The van der Waals surface area contributed by atoms with E-state index in [1.54, 1.807) is 26.3 Å². The van der Waals surface area contributed by atoms with Crippen molar-refractivity contribution >= 4 is 29.2 Å². The quantitative estimate of drug-likeness (QED) is 0.406. The molecule has 0 aliphatic heterocycles. The van der Waals surface area contributed by atoms with Crippen LogP contribution < -0.4 is 10.6 Å². The molecule has 4 nitrogen and oxygen atoms in total. The highest BCUT2D eigenvalue weighted by molar-refractivity contribution is 7.70. The zero-order chi connectivity index (χ0) is 24.1. The first-order valence-electron chi connectivity index (χ1n) is 11.2. The summed E-state index contributed by atoms with van der Waals surface area (Å²) < 4.78 is 53.3. The topological polar surface area (TPSA) is 54.9 Å². The van der Waals surface area contributed by atoms with Crippen LogP contribution in [0.2, 0.25) is 0 Å². The van der Waals surface area contributed by atoms with Crippen molar-refractivity contribution < 1.29 is 17.7 Å². The maximum Gasteiger partial charge on any atom is 0.416 e. The molecule has 2 aromatic carbocycles. The van der Waals surface area contributed by atoms with Crippen molar-refractivity contribution in [2.75, 3.05) is 18.6 Å². The molecule has 1 aromatic heterocycles. The number of halogens is 3. The fourth-order valence-electron chi connectivity index (χ4n) is 4.63. The Kier molecular flexibility index (Phi) is 6.06. The van der Waals surface area contributed by atoms with Crippen LogP contribution in [0.3, 0.4) is 0 Å². The Morgan fingerprint density at radius 3 is 2.39 bits per heavy atom. The van der Waals surface area contributed by atoms with E-state index < -0.39 is 24.9 Å². The number of alkyl halides is 3. The third kappa shape index (κ3) is 4.65. The SMILES string of the molecule is Cc1nc(N[C@H](C)c2cccc(C(F)(F)F)c2C)c2cc(C3CCC3)c(P(C)(C)=O)cc2n1. The molecule has 1 saturated carbocycles. The van der Waals surface area contributed by atoms with Gasteiger partial charge in [0.1, 0.15) is 18.8 Å². The van der Waals surface area contributed by atoms with Gasteiger partial charge in [-0.15, -0.1) is 0 Å². The summed E-state index contributed by atoms with van der Waals surface area (Å²) in [5.74, 6) is 1.49. The standard InChI is InChI=1S/C25H29F3N3OP/c1-14-18(10-7-11-21(14)25(26,27)28)15(2)29-24-20-12-19(17-8-6-9-17)23(33(4,5)32)13-22(20)30-16(3)31-24/h7,10-13,15,17H,6,8-9H2,1-5H3,(H,29,30,31)/t15-/m1/s1. The highest BCUT2D eigenvalue weighted by atomic mass is 31.2. The van der Waals surface area contributed by atoms with Gasteiger partial charge in [-0.3, -0.25) is 0 Å². The minimum atomic E-state index is -4.40. The first-order valence-corrected chi connectivity index (χ1v) is 13.8. The fraction of sp³-hybridized carbons (Fsp3) is 0.440. The zero-order valence-electron chi connectivity index (χ0n) is 19.5. The Balaban J connectivity index is 1.81. The molecule has 0 saturated heterocycles. The van der Waals surface area contributed by atoms with Gasteiger partial charge in [0.2, 0.25) is 0 Å². The van der Waals surface area contributed by atoms with Crippen LogP contribution in [0.1, 0.15) is 66.2 Å². The van der Waals surface area contributed by atoms with Crippen LogP contribution in [0.25, 0.3) is 10.9 Å². The van der Waals surface area contributed by atoms with E-state index in [4.69, 9.17) is 0 Å². The molecule has 176 valence electrons. The molecule has 33 heavy (non-hydrogen) atoms. The highest BCUT2D eigenvalue weighted by Crippen LogP contribution is 2.45. The molecule has 1 aliphatic carbocycles. The summed E-state index contributed by atoms with van der Waals surface area (Å²) in [6.07, 6.45) is -1.12. The van der Waals surface area contributed by atoms with Gasteiger partial charge in [0.05, 0.1) is 17.1 Å². The summed E-state index contributed by atoms with van der Waals surface area (Å²) in [7, 11) is -2.51. The molecule has 8 heteroatoms. The summed E-state index contributed by atoms with van der Waals surface area (Å²) in [6.45, 7) is 8.67. The first-order chi connectivity index (χ1) is 15.4. The molecular weight excluding hydrogens is 446 g/mol. The van der Waals surface area contributed by atoms with Crippen LogP contribution in [0.5, 0.6) is 0 Å². The largest absolute Gasteiger partial charge is 0.416 e. The average Bonchev–Trinajstić information content (AvgIpc) is 2.64. The van der Waals surface area contributed by atoms with Crippen molar-refractivity contribution in [3.8, 4) is 0 Å². The van der Waals surface area contributed by atoms with Crippen LogP contribution in [0.15, 0.2) is 30.3 Å². The molecule has 1 fully saturated rings. The average molecular weight is 475 g/mol. The molecule has 0 radical (unpaired) electrons. The zero-order valence-corrected chi connectivity index (χ0v) is 20.4. The number of nitrogens with one attached hydrogen (secondary N) is 1. The predicted octanol–water partition coefficient (Wildman–Crippen LogP) is 6.95. The number of anilines is 1. The minimum Gasteiger partial charge on any atom is -0.363 e. The van der Waals surface area contributed by atoms with Crippen molar-refractivity contribution in [1.29, 1.82) is 0 Å². The molecule has 1 heterocycles. The van der Waals surface area contributed by atoms with Gasteiger partial charge in [-0.25, -0.2) is 9.97 Å². The third-order valence-electron chi connectivity index (χ3n) is 6.58. The number of aryl methyl sites for hydroxylation is 1. The molecule has 0 amide bonds. The highest BCUT2D eigenvalue weighted by Gasteiger charge is 2.33. The first kappa shape index (κ1) is 23.7. The number of fused-ring (bicyclic) bond motifs is 1. The van der Waals surface area contributed by atoms with E-state index in [-0.39, 0.29) is 5.56 Å². The van der Waals surface area contributed by atoms with Gasteiger partial charge < -0.3 is 9.88 Å². The van der Waals surface area contributed by atoms with Crippen LogP contribution in [0, 0.1) is 13.8 Å². The molecule has 3 aromatic rings. The molecule has 0 unspecified atom stereocenters. The third-order valence-corrected chi connectivity index (χ3v) is 8.13. The second kappa shape index (κ2) is 8.43. The summed E-state index contributed by atoms with van der Waals surface area (Å²) in [4.78, 5) is 9.17. The number of rotatable bonds is 5. The van der Waals surface area contributed by atoms with Gasteiger partial charge in [0.25, 0.3) is 0 Å². The van der Waals surface area contributed by atoms with Crippen molar-refractivity contribution in [3.63, 3.8) is 0 Å². The Morgan fingerprint density at radius 1 is 1.12 bits per heavy atom. The van der Waals surface area contributed by atoms with E-state index in [1.807, 2.05) is 19.1 Å². The Bertz CT molecular complexity index is 1260. The number of hydrogen-bond donors (Lipinski definition) is 1. The van der Waals surface area contributed by atoms with Crippen molar-refractivity contribution in [2.45, 2.75) is 58.2 Å². The maximum atomic E-state index is 13.4. The van der Waals surface area contributed by atoms with Crippen LogP contribution >= 0.6 is 7.14 Å². The van der Waals surface area contributed by atoms with Gasteiger partial charge in [-0.1, -0.05) is 18.6 Å². The van der Waals surface area contributed by atoms with Gasteiger partial charge in [0.15, 0.2) is 0 Å². The maximum absolute atomic E-state index is 13.4. The van der Waals surface area contributed by atoms with E-state index in [0.717, 1.165) is 41.6 Å². The van der Waals surface area contributed by atoms with Gasteiger partial charge in [-0.05, 0) is 87.7 Å². The molecule has 4 rings (SSSR count). The van der Waals surface area contributed by atoms with Crippen LogP contribution in [-0.4, -0.2) is 23.3 Å². The second-order valence-corrected chi connectivity index (χ2v) is 12.6. The smallest absolute Gasteiger partial charge is 0.363 e. The molecule has 1 aliphatic rings. The lowest BCUT2D eigenvalue weighted by Gasteiger charge is -2.29. The summed E-state index contributed by atoms with van der Waals surface area (Å²) in [5.41, 5.74) is 1.92. The number of hydrogen-bond acceptors (Lipinski definition) is 4. The second-order valence-electron chi connectivity index (χ2n) is 9.41. The summed E-state index contributed by atoms with van der Waals surface area (Å²) >= 11 is 0. The van der Waals surface area contributed by atoms with Crippen LogP contribution in [0.4, 0.5) is 19.0 Å². The molecule has 1 N–H and O–H groups in total. The number of aromatic nitrogens is 2. The Morgan fingerprint density at radius 2 is 1.82 bits per heavy atom. The normalized spacial score (nSPS) is 16.0. The van der Waals surface area contributed by atoms with Gasteiger partial charge in [0, 0.05) is 10.7 Å². The van der Waals surface area contributed by atoms with E-state index in [1.165, 1.54) is 13.0 Å². The number of benzene rings is 2. The summed E-state index contributed by atoms with van der Waals surface area (Å²) in [6, 6.07) is 7.82. The lowest BCUT2D eigenvalue weighted by Crippen LogP contribution is -2.20. The van der Waals surface area contributed by atoms with E-state index in [2.05, 4.69) is 15.3 Å². The lowest BCUT2D eigenvalue weighted by molar-refractivity contribution is -0.138. The monoisotopic (exact) mass is 475 g/mol. The van der Waals surface area contributed by atoms with Crippen molar-refractivity contribution in [1.82, 2.24) is 9.97 Å². The van der Waals surface area contributed by atoms with E-state index >= 15 is 0 Å². The fourth-order valence-corrected chi connectivity index (χ4v) is 5.93. The van der Waals surface area contributed by atoms with Crippen LogP contribution in [-0.2, 0) is 10.7 Å².